The molecule has 0 amide bonds. The summed E-state index contributed by atoms with van der Waals surface area (Å²) in [6, 6.07) is 9.63. The van der Waals surface area contributed by atoms with E-state index in [0.29, 0.717) is 11.6 Å². The van der Waals surface area contributed by atoms with Crippen LogP contribution in [0.2, 0.25) is 0 Å². The monoisotopic (exact) mass is 329 g/mol. The van der Waals surface area contributed by atoms with Gasteiger partial charge < -0.3 is 10.2 Å². The maximum atomic E-state index is 11.2. The number of aromatic nitrogens is 6. The van der Waals surface area contributed by atoms with E-state index in [0.717, 1.165) is 0 Å². The Morgan fingerprint density at radius 3 is 1.40 bits per heavy atom. The Hall–Kier alpha value is -3.51. The Morgan fingerprint density at radius 1 is 0.640 bits per heavy atom. The second-order valence-corrected chi connectivity index (χ2v) is 4.55. The van der Waals surface area contributed by atoms with Crippen LogP contribution in [-0.4, -0.2) is 39.7 Å². The van der Waals surface area contributed by atoms with Crippen molar-refractivity contribution in [3.63, 3.8) is 0 Å². The van der Waals surface area contributed by atoms with Gasteiger partial charge in [-0.25, -0.2) is 19.3 Å². The van der Waals surface area contributed by atoms with Gasteiger partial charge in [0.1, 0.15) is 11.6 Å². The summed E-state index contributed by atoms with van der Waals surface area (Å²) in [6.07, 6.45) is 9.71. The SMILES string of the molecule is [Be+2].[O-]c1cccnc1-n1cccn1.[O-]c1cccnc1-n1cccn1. The molecule has 0 saturated heterocycles. The largest absolute Gasteiger partial charge is 2.00 e. The van der Waals surface area contributed by atoms with E-state index in [1.807, 2.05) is 0 Å². The minimum Gasteiger partial charge on any atom is -0.870 e. The Kier molecular flexibility index (Phi) is 5.97. The van der Waals surface area contributed by atoms with Crippen LogP contribution in [0.5, 0.6) is 11.5 Å². The molecule has 0 aromatic carbocycles. The molecule has 0 saturated carbocycles. The zero-order valence-corrected chi connectivity index (χ0v) is 13.1. The smallest absolute Gasteiger partial charge is 0.870 e. The minimum absolute atomic E-state index is 0. The summed E-state index contributed by atoms with van der Waals surface area (Å²) in [7, 11) is 0. The molecule has 0 spiro atoms. The summed E-state index contributed by atoms with van der Waals surface area (Å²) < 4.78 is 2.89. The van der Waals surface area contributed by atoms with Crippen molar-refractivity contribution in [2.24, 2.45) is 0 Å². The quantitative estimate of drug-likeness (QED) is 0.490. The zero-order valence-electron chi connectivity index (χ0n) is 13.1. The van der Waals surface area contributed by atoms with Gasteiger partial charge in [0.15, 0.2) is 0 Å². The third-order valence-corrected chi connectivity index (χ3v) is 2.94. The second kappa shape index (κ2) is 8.37. The third-order valence-electron chi connectivity index (χ3n) is 2.94. The molecule has 120 valence electrons. The molecule has 8 nitrogen and oxygen atoms in total. The van der Waals surface area contributed by atoms with Gasteiger partial charge in [0.25, 0.3) is 0 Å². The molecule has 4 rings (SSSR count). The molecule has 0 fully saturated rings. The minimum atomic E-state index is -0.124. The normalized spacial score (nSPS) is 9.60. The molecule has 0 unspecified atom stereocenters. The zero-order chi connectivity index (χ0) is 16.8. The van der Waals surface area contributed by atoms with Crippen molar-refractivity contribution in [2.45, 2.75) is 0 Å². The van der Waals surface area contributed by atoms with Crippen LogP contribution in [0.4, 0.5) is 0 Å². The fraction of sp³-hybridized carbons (Fsp3) is 0. The van der Waals surface area contributed by atoms with Crippen molar-refractivity contribution < 1.29 is 10.2 Å². The van der Waals surface area contributed by atoms with E-state index < -0.39 is 0 Å². The van der Waals surface area contributed by atoms with Gasteiger partial charge in [0, 0.05) is 37.2 Å². The van der Waals surface area contributed by atoms with Gasteiger partial charge in [-0.05, 0) is 24.3 Å². The Labute approximate surface area is 147 Å². The summed E-state index contributed by atoms with van der Waals surface area (Å²) in [5.74, 6) is 0.424. The molecule has 0 aliphatic carbocycles. The molecule has 9 heteroatoms. The van der Waals surface area contributed by atoms with Crippen LogP contribution in [0, 0.1) is 0 Å². The van der Waals surface area contributed by atoms with Crippen LogP contribution in [-0.2, 0) is 0 Å². The second-order valence-electron chi connectivity index (χ2n) is 4.55. The van der Waals surface area contributed by atoms with Gasteiger partial charge >= 0.3 is 10.1 Å². The molecule has 0 N–H and O–H groups in total. The Bertz CT molecular complexity index is 821. The molecule has 0 aliphatic heterocycles. The maximum absolute atomic E-state index is 11.2. The number of rotatable bonds is 2. The van der Waals surface area contributed by atoms with Crippen molar-refractivity contribution in [3.8, 4) is 23.1 Å². The molecule has 0 radical (unpaired) electrons. The van der Waals surface area contributed by atoms with E-state index in [1.54, 1.807) is 61.4 Å². The predicted molar refractivity (Wildman–Crippen MR) is 87.4 cm³/mol. The molecule has 0 atom stereocenters. The van der Waals surface area contributed by atoms with E-state index in [4.69, 9.17) is 0 Å². The van der Waals surface area contributed by atoms with E-state index in [2.05, 4.69) is 20.2 Å². The fourth-order valence-electron chi connectivity index (χ4n) is 1.90. The van der Waals surface area contributed by atoms with Gasteiger partial charge in [0.05, 0.1) is 0 Å². The molecule has 4 aromatic heterocycles. The van der Waals surface area contributed by atoms with Crippen molar-refractivity contribution >= 4 is 10.1 Å². The van der Waals surface area contributed by atoms with Crippen molar-refractivity contribution in [2.75, 3.05) is 0 Å². The molecular formula is C16H12BeN6O2. The third kappa shape index (κ3) is 4.27. The van der Waals surface area contributed by atoms with E-state index in [9.17, 15) is 10.2 Å². The first-order chi connectivity index (χ1) is 11.8. The van der Waals surface area contributed by atoms with Crippen molar-refractivity contribution in [1.29, 1.82) is 0 Å². The molecule has 25 heavy (non-hydrogen) atoms. The summed E-state index contributed by atoms with van der Waals surface area (Å²) in [4.78, 5) is 7.82. The molecular weight excluding hydrogens is 317 g/mol. The number of pyridine rings is 2. The average Bonchev–Trinajstić information content (AvgIpc) is 3.30. The number of nitrogens with zero attached hydrogens (tertiary/aromatic N) is 6. The van der Waals surface area contributed by atoms with Crippen LogP contribution in [0.1, 0.15) is 0 Å². The van der Waals surface area contributed by atoms with Crippen LogP contribution in [0.15, 0.2) is 73.6 Å². The summed E-state index contributed by atoms with van der Waals surface area (Å²) in [5.41, 5.74) is 0. The van der Waals surface area contributed by atoms with Crippen LogP contribution in [0.25, 0.3) is 11.6 Å². The first-order valence-corrected chi connectivity index (χ1v) is 7.00. The fourth-order valence-corrected chi connectivity index (χ4v) is 1.90. The predicted octanol–water partition coefficient (Wildman–Crippen LogP) is 0.301. The van der Waals surface area contributed by atoms with Crippen LogP contribution >= 0.6 is 0 Å². The van der Waals surface area contributed by atoms with Crippen molar-refractivity contribution in [1.82, 2.24) is 29.5 Å². The van der Waals surface area contributed by atoms with Gasteiger partial charge in [-0.3, -0.25) is 0 Å². The maximum Gasteiger partial charge on any atom is 2.00 e. The molecule has 4 heterocycles. The molecule has 0 bridgehead atoms. The molecule has 4 aromatic rings. The van der Waals surface area contributed by atoms with Gasteiger partial charge in [0.2, 0.25) is 0 Å². The standard InChI is InChI=1S/2C8H7N3O.Be/c2*12-7-3-1-4-9-8(7)11-6-2-5-10-11;/h2*1-6,12H;/q;;+2/p-2. The van der Waals surface area contributed by atoms with Crippen molar-refractivity contribution in [3.05, 3.63) is 73.6 Å². The Morgan fingerprint density at radius 2 is 1.08 bits per heavy atom. The first-order valence-electron chi connectivity index (χ1n) is 7.00. The van der Waals surface area contributed by atoms with Gasteiger partial charge in [-0.15, -0.1) is 0 Å². The van der Waals surface area contributed by atoms with Crippen LogP contribution in [0.3, 0.4) is 0 Å². The first kappa shape index (κ1) is 17.8. The van der Waals surface area contributed by atoms with E-state index in [-0.39, 0.29) is 21.6 Å². The average molecular weight is 329 g/mol. The topological polar surface area (TPSA) is 108 Å². The van der Waals surface area contributed by atoms with E-state index >= 15 is 0 Å². The van der Waals surface area contributed by atoms with Crippen LogP contribution < -0.4 is 10.2 Å². The summed E-state index contributed by atoms with van der Waals surface area (Å²) >= 11 is 0. The van der Waals surface area contributed by atoms with Gasteiger partial charge in [-0.1, -0.05) is 23.6 Å². The number of hydrogen-bond acceptors (Lipinski definition) is 6. The van der Waals surface area contributed by atoms with E-state index in [1.165, 1.54) is 21.5 Å². The number of hydrogen-bond donors (Lipinski definition) is 0. The summed E-state index contributed by atoms with van der Waals surface area (Å²) in [6.45, 7) is 0. The van der Waals surface area contributed by atoms with Gasteiger partial charge in [-0.2, -0.15) is 10.2 Å². The summed E-state index contributed by atoms with van der Waals surface area (Å²) in [5, 5.41) is 30.2. The molecule has 0 aliphatic rings. The Balaban J connectivity index is 0.000000173.